The molecule has 0 amide bonds. The molecule has 0 saturated carbocycles. The van der Waals surface area contributed by atoms with Crippen molar-refractivity contribution in [3.05, 3.63) is 0 Å². The van der Waals surface area contributed by atoms with Crippen LogP contribution in [0.2, 0.25) is 0 Å². The van der Waals surface area contributed by atoms with Gasteiger partial charge in [0.2, 0.25) is 0 Å². The van der Waals surface area contributed by atoms with Crippen molar-refractivity contribution in [3.8, 4) is 0 Å². The first-order valence-corrected chi connectivity index (χ1v) is 6.22. The third kappa shape index (κ3) is 3.70. The molecule has 0 aromatic rings. The number of hydrogen-bond donors (Lipinski definition) is 2. The summed E-state index contributed by atoms with van der Waals surface area (Å²) in [5.41, 5.74) is 4.50. The van der Waals surface area contributed by atoms with Crippen molar-refractivity contribution >= 4 is 5.97 Å². The predicted octanol–water partition coefficient (Wildman–Crippen LogP) is 4.66. The smallest absolute Gasteiger partial charge is 0.460 e. The zero-order chi connectivity index (χ0) is 25.6. The van der Waals surface area contributed by atoms with Crippen molar-refractivity contribution in [1.29, 1.82) is 0 Å². The maximum absolute atomic E-state index is 13.0. The number of alkyl halides is 17. The van der Waals surface area contributed by atoms with Crippen molar-refractivity contribution in [2.75, 3.05) is 7.05 Å². The van der Waals surface area contributed by atoms with Crippen molar-refractivity contribution in [3.63, 3.8) is 0 Å². The summed E-state index contributed by atoms with van der Waals surface area (Å²) in [6, 6.07) is 0. The average molecular weight is 495 g/mol. The van der Waals surface area contributed by atoms with Gasteiger partial charge in [0.25, 0.3) is 0 Å². The number of hydrogen-bond acceptors (Lipinski definition) is 2. The van der Waals surface area contributed by atoms with Crippen LogP contribution in [0.1, 0.15) is 0 Å². The largest absolute Gasteiger partial charge is 0.477 e. The fourth-order valence-electron chi connectivity index (χ4n) is 1.30. The number of aliphatic carboxylic acids is 1. The molecule has 0 aromatic heterocycles. The topological polar surface area (TPSA) is 63.3 Å². The molecular weight excluding hydrogens is 489 g/mol. The van der Waals surface area contributed by atoms with Gasteiger partial charge in [-0.2, -0.15) is 74.6 Å². The number of carboxylic acid groups (broad SMARTS) is 1. The van der Waals surface area contributed by atoms with Gasteiger partial charge in [0, 0.05) is 0 Å². The van der Waals surface area contributed by atoms with Crippen LogP contribution in [-0.4, -0.2) is 65.8 Å². The van der Waals surface area contributed by atoms with Gasteiger partial charge < -0.3 is 10.8 Å². The van der Waals surface area contributed by atoms with Gasteiger partial charge in [-0.25, -0.2) is 4.79 Å². The summed E-state index contributed by atoms with van der Waals surface area (Å²) >= 11 is 0. The monoisotopic (exact) mass is 495 g/mol. The van der Waals surface area contributed by atoms with Gasteiger partial charge in [-0.15, -0.1) is 0 Å². The van der Waals surface area contributed by atoms with Gasteiger partial charge in [-0.1, -0.05) is 0 Å². The van der Waals surface area contributed by atoms with E-state index in [9.17, 15) is 79.4 Å². The van der Waals surface area contributed by atoms with Crippen LogP contribution < -0.4 is 5.73 Å². The number of rotatable bonds is 7. The highest BCUT2D eigenvalue weighted by atomic mass is 19.4. The first-order chi connectivity index (χ1) is 12.7. The fraction of sp³-hybridized carbons (Fsp3) is 0.900. The number of nitrogens with two attached hydrogens (primary N) is 1. The van der Waals surface area contributed by atoms with E-state index in [2.05, 4.69) is 5.73 Å². The molecule has 0 radical (unpaired) electrons. The molecule has 3 N–H and O–H groups in total. The Morgan fingerprint density at radius 3 is 0.900 bits per heavy atom. The van der Waals surface area contributed by atoms with Crippen LogP contribution in [0.4, 0.5) is 74.6 Å². The molecule has 0 atom stereocenters. The Hall–Kier alpha value is -1.76. The Labute approximate surface area is 152 Å². The lowest BCUT2D eigenvalue weighted by Gasteiger charge is -2.42. The van der Waals surface area contributed by atoms with E-state index in [-0.39, 0.29) is 0 Å². The molecule has 0 aliphatic carbocycles. The quantitative estimate of drug-likeness (QED) is 0.506. The molecular formula is C10H6F17NO2. The summed E-state index contributed by atoms with van der Waals surface area (Å²) in [5, 5.41) is 7.59. The molecule has 0 aromatic carbocycles. The lowest BCUT2D eigenvalue weighted by atomic mass is 9.89. The summed E-state index contributed by atoms with van der Waals surface area (Å²) in [5.74, 6) is -62.9. The Bertz CT molecular complexity index is 623. The maximum Gasteiger partial charge on any atom is 0.460 e. The normalized spacial score (nSPS) is 15.4. The molecule has 0 aliphatic rings. The van der Waals surface area contributed by atoms with Crippen molar-refractivity contribution in [1.82, 2.24) is 0 Å². The van der Waals surface area contributed by atoms with E-state index in [1.807, 2.05) is 0 Å². The Kier molecular flexibility index (Phi) is 7.85. The molecule has 0 heterocycles. The minimum Gasteiger partial charge on any atom is -0.477 e. The molecule has 3 nitrogen and oxygen atoms in total. The lowest BCUT2D eigenvalue weighted by Crippen LogP contribution is -2.75. The molecule has 182 valence electrons. The third-order valence-electron chi connectivity index (χ3n) is 2.99. The molecule has 0 rings (SSSR count). The van der Waals surface area contributed by atoms with Crippen LogP contribution >= 0.6 is 0 Å². The van der Waals surface area contributed by atoms with Crippen LogP contribution in [0.25, 0.3) is 0 Å². The Balaban J connectivity index is 0. The molecule has 0 bridgehead atoms. The van der Waals surface area contributed by atoms with Gasteiger partial charge in [0.1, 0.15) is 0 Å². The van der Waals surface area contributed by atoms with Gasteiger partial charge in [-0.3, -0.25) is 0 Å². The summed E-state index contributed by atoms with van der Waals surface area (Å²) in [4.78, 5) is 9.77. The number of halogens is 17. The summed E-state index contributed by atoms with van der Waals surface area (Å²) < 4.78 is 214. The van der Waals surface area contributed by atoms with Crippen molar-refractivity contribution < 1.29 is 84.5 Å². The van der Waals surface area contributed by atoms with Gasteiger partial charge >= 0.3 is 53.6 Å². The molecule has 30 heavy (non-hydrogen) atoms. The molecule has 0 aliphatic heterocycles. The SMILES string of the molecule is CN.O=C(O)C(F)(F)C(F)(F)C(F)(F)C(F)(F)C(F)(F)C(F)(F)C(F)(F)C(F)(F)F. The second-order valence-corrected chi connectivity index (χ2v) is 4.82. The van der Waals surface area contributed by atoms with Crippen LogP contribution in [0.5, 0.6) is 0 Å². The molecule has 0 fully saturated rings. The fourth-order valence-corrected chi connectivity index (χ4v) is 1.30. The average Bonchev–Trinajstić information content (AvgIpc) is 2.54. The minimum atomic E-state index is -8.76. The van der Waals surface area contributed by atoms with Crippen molar-refractivity contribution in [2.24, 2.45) is 5.73 Å². The second kappa shape index (κ2) is 7.74. The van der Waals surface area contributed by atoms with Crippen LogP contribution in [0.15, 0.2) is 0 Å². The Morgan fingerprint density at radius 2 is 0.700 bits per heavy atom. The Morgan fingerprint density at radius 1 is 0.500 bits per heavy atom. The molecule has 0 unspecified atom stereocenters. The molecule has 20 heteroatoms. The first-order valence-electron chi connectivity index (χ1n) is 6.22. The van der Waals surface area contributed by atoms with E-state index < -0.39 is 53.6 Å². The highest BCUT2D eigenvalue weighted by Gasteiger charge is 2.95. The predicted molar refractivity (Wildman–Crippen MR) is 58.4 cm³/mol. The van der Waals surface area contributed by atoms with Gasteiger partial charge in [-0.05, 0) is 7.05 Å². The number of carbonyl (C=O) groups is 1. The molecule has 0 saturated heterocycles. The van der Waals surface area contributed by atoms with Gasteiger partial charge in [0.15, 0.2) is 0 Å². The highest BCUT2D eigenvalue weighted by Crippen LogP contribution is 2.63. The van der Waals surface area contributed by atoms with Crippen LogP contribution in [0.3, 0.4) is 0 Å². The van der Waals surface area contributed by atoms with E-state index in [4.69, 9.17) is 5.11 Å². The van der Waals surface area contributed by atoms with Crippen LogP contribution in [-0.2, 0) is 4.79 Å². The maximum atomic E-state index is 13.0. The van der Waals surface area contributed by atoms with E-state index >= 15 is 0 Å². The summed E-state index contributed by atoms with van der Waals surface area (Å²) in [6.45, 7) is 0. The van der Waals surface area contributed by atoms with Gasteiger partial charge in [0.05, 0.1) is 0 Å². The van der Waals surface area contributed by atoms with E-state index in [0.717, 1.165) is 0 Å². The van der Waals surface area contributed by atoms with E-state index in [1.54, 1.807) is 0 Å². The summed E-state index contributed by atoms with van der Waals surface area (Å²) in [7, 11) is 1.50. The first kappa shape index (κ1) is 30.4. The minimum absolute atomic E-state index is 1.50. The van der Waals surface area contributed by atoms with Crippen LogP contribution in [0, 0.1) is 0 Å². The highest BCUT2D eigenvalue weighted by molar-refractivity contribution is 5.77. The molecule has 0 spiro atoms. The zero-order valence-electron chi connectivity index (χ0n) is 13.4. The zero-order valence-corrected chi connectivity index (χ0v) is 13.4. The van der Waals surface area contributed by atoms with E-state index in [0.29, 0.717) is 0 Å². The van der Waals surface area contributed by atoms with E-state index in [1.165, 1.54) is 7.05 Å². The second-order valence-electron chi connectivity index (χ2n) is 4.82. The van der Waals surface area contributed by atoms with Crippen molar-refractivity contribution in [2.45, 2.75) is 47.6 Å². The third-order valence-corrected chi connectivity index (χ3v) is 2.99. The lowest BCUT2D eigenvalue weighted by molar-refractivity contribution is -0.459. The number of carboxylic acids is 1. The standard InChI is InChI=1S/C9HF17O2.CH5N/c10-2(11,1(27)28)3(12,13)4(14,15)5(16,17)6(18,19)7(20,21)8(22,23)9(24,25)26;1-2/h(H,27,28);2H2,1H3. The summed E-state index contributed by atoms with van der Waals surface area (Å²) in [6.07, 6.45) is -7.83.